The van der Waals surface area contributed by atoms with E-state index in [1.807, 2.05) is 0 Å². The topological polar surface area (TPSA) is 21.3 Å². The summed E-state index contributed by atoms with van der Waals surface area (Å²) in [5, 5.41) is 3.76. The Bertz CT molecular complexity index is 366. The quantitative estimate of drug-likeness (QED) is 0.920. The Morgan fingerprint density at radius 3 is 2.56 bits per heavy atom. The summed E-state index contributed by atoms with van der Waals surface area (Å²) in [6.45, 7) is 1.78. The third kappa shape index (κ3) is 2.04. The summed E-state index contributed by atoms with van der Waals surface area (Å²) in [6, 6.07) is 9.25. The number of halogens is 1. The summed E-state index contributed by atoms with van der Waals surface area (Å²) in [6.07, 6.45) is 3.66. The van der Waals surface area contributed by atoms with Crippen molar-refractivity contribution in [1.82, 2.24) is 5.32 Å². The van der Waals surface area contributed by atoms with Crippen LogP contribution >= 0.6 is 15.9 Å². The molecule has 16 heavy (non-hydrogen) atoms. The second-order valence-electron chi connectivity index (χ2n) is 4.79. The Morgan fingerprint density at radius 2 is 2.00 bits per heavy atom. The van der Waals surface area contributed by atoms with Gasteiger partial charge in [0.2, 0.25) is 0 Å². The first-order chi connectivity index (χ1) is 7.78. The zero-order valence-electron chi connectivity index (χ0n) is 9.21. The zero-order chi connectivity index (χ0) is 11.0. The summed E-state index contributed by atoms with van der Waals surface area (Å²) in [5.41, 5.74) is 1.67. The van der Waals surface area contributed by atoms with Crippen LogP contribution in [-0.2, 0) is 10.3 Å². The van der Waals surface area contributed by atoms with Crippen molar-refractivity contribution in [3.63, 3.8) is 0 Å². The highest BCUT2D eigenvalue weighted by Crippen LogP contribution is 2.46. The van der Waals surface area contributed by atoms with E-state index < -0.39 is 0 Å². The van der Waals surface area contributed by atoms with E-state index in [2.05, 4.69) is 45.5 Å². The van der Waals surface area contributed by atoms with Gasteiger partial charge < -0.3 is 10.1 Å². The van der Waals surface area contributed by atoms with Gasteiger partial charge in [0.05, 0.1) is 6.61 Å². The summed E-state index contributed by atoms with van der Waals surface area (Å²) >= 11 is 3.48. The third-order valence-corrected chi connectivity index (χ3v) is 4.09. The fourth-order valence-corrected chi connectivity index (χ4v) is 2.71. The molecule has 1 heterocycles. The molecule has 1 saturated heterocycles. The van der Waals surface area contributed by atoms with Crippen molar-refractivity contribution in [2.45, 2.75) is 30.8 Å². The fraction of sp³-hybridized carbons (Fsp3) is 0.538. The SMILES string of the molecule is Brc1ccc(C2(NC3CCOC3)CC2)cc1. The molecule has 1 N–H and O–H groups in total. The van der Waals surface area contributed by atoms with Crippen molar-refractivity contribution in [3.05, 3.63) is 34.3 Å². The lowest BCUT2D eigenvalue weighted by Crippen LogP contribution is -2.38. The van der Waals surface area contributed by atoms with Crippen LogP contribution in [0.25, 0.3) is 0 Å². The van der Waals surface area contributed by atoms with E-state index in [0.717, 1.165) is 24.1 Å². The van der Waals surface area contributed by atoms with Crippen molar-refractivity contribution in [2.75, 3.05) is 13.2 Å². The van der Waals surface area contributed by atoms with Crippen LogP contribution in [0.5, 0.6) is 0 Å². The van der Waals surface area contributed by atoms with Crippen molar-refractivity contribution in [2.24, 2.45) is 0 Å². The smallest absolute Gasteiger partial charge is 0.0620 e. The van der Waals surface area contributed by atoms with Crippen molar-refractivity contribution in [1.29, 1.82) is 0 Å². The Morgan fingerprint density at radius 1 is 1.25 bits per heavy atom. The molecule has 1 aliphatic heterocycles. The first-order valence-corrected chi connectivity index (χ1v) is 6.69. The van der Waals surface area contributed by atoms with Crippen LogP contribution in [0.15, 0.2) is 28.7 Å². The van der Waals surface area contributed by atoms with Crippen LogP contribution in [0, 0.1) is 0 Å². The second-order valence-corrected chi connectivity index (χ2v) is 5.71. The Kier molecular flexibility index (Phi) is 2.78. The van der Waals surface area contributed by atoms with E-state index in [0.29, 0.717) is 6.04 Å². The number of hydrogen-bond acceptors (Lipinski definition) is 2. The Labute approximate surface area is 105 Å². The van der Waals surface area contributed by atoms with Crippen LogP contribution in [0.1, 0.15) is 24.8 Å². The molecular weight excluding hydrogens is 266 g/mol. The molecule has 86 valence electrons. The average Bonchev–Trinajstić information content (AvgIpc) is 2.88. The van der Waals surface area contributed by atoms with Gasteiger partial charge in [0, 0.05) is 22.7 Å². The summed E-state index contributed by atoms with van der Waals surface area (Å²) in [7, 11) is 0. The van der Waals surface area contributed by atoms with Gasteiger partial charge in [-0.05, 0) is 37.0 Å². The number of benzene rings is 1. The monoisotopic (exact) mass is 281 g/mol. The molecule has 1 aromatic rings. The molecule has 1 atom stereocenters. The molecule has 0 bridgehead atoms. The predicted molar refractivity (Wildman–Crippen MR) is 67.4 cm³/mol. The van der Waals surface area contributed by atoms with E-state index >= 15 is 0 Å². The van der Waals surface area contributed by atoms with Crippen molar-refractivity contribution < 1.29 is 4.74 Å². The maximum atomic E-state index is 5.42. The number of hydrogen-bond donors (Lipinski definition) is 1. The van der Waals surface area contributed by atoms with E-state index in [4.69, 9.17) is 4.74 Å². The van der Waals surface area contributed by atoms with Crippen LogP contribution in [0.4, 0.5) is 0 Å². The fourth-order valence-electron chi connectivity index (χ4n) is 2.45. The number of nitrogens with one attached hydrogen (secondary N) is 1. The predicted octanol–water partition coefficient (Wildman–Crippen LogP) is 2.82. The molecule has 2 aliphatic rings. The van der Waals surface area contributed by atoms with E-state index in [9.17, 15) is 0 Å². The molecular formula is C13H16BrNO. The molecule has 1 aromatic carbocycles. The van der Waals surface area contributed by atoms with Crippen LogP contribution in [0.2, 0.25) is 0 Å². The van der Waals surface area contributed by atoms with Gasteiger partial charge >= 0.3 is 0 Å². The van der Waals surface area contributed by atoms with Crippen molar-refractivity contribution >= 4 is 15.9 Å². The highest BCUT2D eigenvalue weighted by atomic mass is 79.9. The minimum absolute atomic E-state index is 0.249. The number of ether oxygens (including phenoxy) is 1. The molecule has 2 nitrogen and oxygen atoms in total. The summed E-state index contributed by atoms with van der Waals surface area (Å²) < 4.78 is 6.57. The molecule has 2 fully saturated rings. The van der Waals surface area contributed by atoms with Gasteiger partial charge in [0.25, 0.3) is 0 Å². The largest absolute Gasteiger partial charge is 0.380 e. The minimum atomic E-state index is 0.249. The highest BCUT2D eigenvalue weighted by Gasteiger charge is 2.45. The normalized spacial score (nSPS) is 26.9. The lowest BCUT2D eigenvalue weighted by Gasteiger charge is -2.22. The first-order valence-electron chi connectivity index (χ1n) is 5.90. The molecule has 1 unspecified atom stereocenters. The lowest BCUT2D eigenvalue weighted by atomic mass is 10.0. The Hall–Kier alpha value is -0.380. The van der Waals surface area contributed by atoms with E-state index in [1.165, 1.54) is 18.4 Å². The Balaban J connectivity index is 1.74. The first kappa shape index (κ1) is 10.8. The molecule has 3 heteroatoms. The average molecular weight is 282 g/mol. The van der Waals surface area contributed by atoms with Crippen LogP contribution in [-0.4, -0.2) is 19.3 Å². The van der Waals surface area contributed by atoms with Gasteiger partial charge in [-0.25, -0.2) is 0 Å². The lowest BCUT2D eigenvalue weighted by molar-refractivity contribution is 0.187. The molecule has 0 amide bonds. The third-order valence-electron chi connectivity index (χ3n) is 3.56. The second kappa shape index (κ2) is 4.13. The van der Waals surface area contributed by atoms with Crippen LogP contribution in [0.3, 0.4) is 0 Å². The molecule has 1 saturated carbocycles. The van der Waals surface area contributed by atoms with Crippen molar-refractivity contribution in [3.8, 4) is 0 Å². The van der Waals surface area contributed by atoms with Crippen LogP contribution < -0.4 is 5.32 Å². The summed E-state index contributed by atoms with van der Waals surface area (Å²) in [4.78, 5) is 0. The maximum Gasteiger partial charge on any atom is 0.0620 e. The zero-order valence-corrected chi connectivity index (χ0v) is 10.8. The maximum absolute atomic E-state index is 5.42. The standard InChI is InChI=1S/C13H16BrNO/c14-11-3-1-10(2-4-11)13(6-7-13)15-12-5-8-16-9-12/h1-4,12,15H,5-9H2. The van der Waals surface area contributed by atoms with E-state index in [1.54, 1.807) is 0 Å². The minimum Gasteiger partial charge on any atom is -0.380 e. The molecule has 1 aliphatic carbocycles. The summed E-state index contributed by atoms with van der Waals surface area (Å²) in [5.74, 6) is 0. The molecule has 0 spiro atoms. The van der Waals surface area contributed by atoms with Gasteiger partial charge in [-0.1, -0.05) is 28.1 Å². The van der Waals surface area contributed by atoms with Gasteiger partial charge in [-0.3, -0.25) is 0 Å². The van der Waals surface area contributed by atoms with Gasteiger partial charge in [-0.15, -0.1) is 0 Å². The molecule has 3 rings (SSSR count). The van der Waals surface area contributed by atoms with Gasteiger partial charge in [0.15, 0.2) is 0 Å². The number of rotatable bonds is 3. The van der Waals surface area contributed by atoms with Gasteiger partial charge in [-0.2, -0.15) is 0 Å². The van der Waals surface area contributed by atoms with Gasteiger partial charge in [0.1, 0.15) is 0 Å². The molecule has 0 aromatic heterocycles. The highest BCUT2D eigenvalue weighted by molar-refractivity contribution is 9.10. The molecule has 0 radical (unpaired) electrons. The van der Waals surface area contributed by atoms with E-state index in [-0.39, 0.29) is 5.54 Å².